The van der Waals surface area contributed by atoms with Crippen molar-refractivity contribution in [1.82, 2.24) is 10.3 Å². The lowest BCUT2D eigenvalue weighted by atomic mass is 10.2. The Kier molecular flexibility index (Phi) is 6.10. The summed E-state index contributed by atoms with van der Waals surface area (Å²) in [6.07, 6.45) is 1.46. The number of hydrogen-bond acceptors (Lipinski definition) is 4. The molecule has 94 valence electrons. The average molecular weight is 303 g/mol. The van der Waals surface area contributed by atoms with Crippen molar-refractivity contribution >= 4 is 21.8 Å². The van der Waals surface area contributed by atoms with Crippen LogP contribution in [0.4, 0.5) is 0 Å². The molecular weight excluding hydrogens is 288 g/mol. The van der Waals surface area contributed by atoms with Crippen LogP contribution in [-0.2, 0) is 4.74 Å². The van der Waals surface area contributed by atoms with Crippen molar-refractivity contribution in [3.63, 3.8) is 0 Å². The number of hydrogen-bond donors (Lipinski definition) is 2. The van der Waals surface area contributed by atoms with Gasteiger partial charge in [-0.05, 0) is 34.5 Å². The fraction of sp³-hybridized carbons (Fsp3) is 0.455. The van der Waals surface area contributed by atoms with Crippen LogP contribution in [0.3, 0.4) is 0 Å². The molecule has 0 aliphatic heterocycles. The summed E-state index contributed by atoms with van der Waals surface area (Å²) in [4.78, 5) is 15.6. The minimum absolute atomic E-state index is 0.248. The van der Waals surface area contributed by atoms with Crippen LogP contribution in [0, 0.1) is 0 Å². The van der Waals surface area contributed by atoms with E-state index in [1.165, 1.54) is 7.11 Å². The quantitative estimate of drug-likeness (QED) is 0.821. The number of nitrogens with one attached hydrogen (secondary N) is 1. The lowest BCUT2D eigenvalue weighted by Gasteiger charge is -2.09. The maximum atomic E-state index is 11.6. The molecule has 0 bridgehead atoms. The van der Waals surface area contributed by atoms with Crippen molar-refractivity contribution < 1.29 is 14.6 Å². The number of rotatable bonds is 6. The van der Waals surface area contributed by atoms with Gasteiger partial charge in [0.25, 0.3) is 5.91 Å². The van der Waals surface area contributed by atoms with Crippen LogP contribution in [0.1, 0.15) is 16.9 Å². The Hall–Kier alpha value is -0.980. The number of carbonyl (C=O) groups is 1. The summed E-state index contributed by atoms with van der Waals surface area (Å²) in [6.45, 7) is 0.660. The molecule has 1 rings (SSSR count). The third kappa shape index (κ3) is 5.25. The Labute approximate surface area is 108 Å². The smallest absolute Gasteiger partial charge is 0.269 e. The van der Waals surface area contributed by atoms with E-state index in [9.17, 15) is 9.90 Å². The highest BCUT2D eigenvalue weighted by Gasteiger charge is 2.08. The highest BCUT2D eigenvalue weighted by molar-refractivity contribution is 9.10. The fourth-order valence-electron chi connectivity index (χ4n) is 1.23. The van der Waals surface area contributed by atoms with Crippen molar-refractivity contribution in [3.8, 4) is 0 Å². The predicted octanol–water partition coefficient (Wildman–Crippen LogP) is 0.971. The monoisotopic (exact) mass is 302 g/mol. The molecule has 5 nitrogen and oxygen atoms in total. The number of aromatic nitrogens is 1. The first-order chi connectivity index (χ1) is 8.13. The standard InChI is InChI=1S/C11H15BrN2O3/c1-17-7-9(15)4-5-13-11(16)10-3-2-8(12)6-14-10/h2-3,6,9,15H,4-5,7H2,1H3,(H,13,16). The molecule has 0 radical (unpaired) electrons. The first-order valence-corrected chi connectivity index (χ1v) is 5.99. The van der Waals surface area contributed by atoms with E-state index in [4.69, 9.17) is 4.74 Å². The summed E-state index contributed by atoms with van der Waals surface area (Å²) in [5, 5.41) is 12.0. The fourth-order valence-corrected chi connectivity index (χ4v) is 1.46. The third-order valence-corrected chi connectivity index (χ3v) is 2.55. The van der Waals surface area contributed by atoms with Crippen molar-refractivity contribution in [2.75, 3.05) is 20.3 Å². The maximum absolute atomic E-state index is 11.6. The molecule has 1 aromatic rings. The summed E-state index contributed by atoms with van der Waals surface area (Å²) in [6, 6.07) is 3.38. The van der Waals surface area contributed by atoms with E-state index < -0.39 is 6.10 Å². The highest BCUT2D eigenvalue weighted by atomic mass is 79.9. The van der Waals surface area contributed by atoms with Gasteiger partial charge in [0.05, 0.1) is 12.7 Å². The van der Waals surface area contributed by atoms with Gasteiger partial charge < -0.3 is 15.2 Å². The van der Waals surface area contributed by atoms with Gasteiger partial charge in [-0.3, -0.25) is 4.79 Å². The van der Waals surface area contributed by atoms with Crippen LogP contribution in [-0.4, -0.2) is 42.4 Å². The molecule has 1 aromatic heterocycles. The van der Waals surface area contributed by atoms with Gasteiger partial charge in [-0.1, -0.05) is 0 Å². The third-order valence-electron chi connectivity index (χ3n) is 2.08. The first kappa shape index (κ1) is 14.1. The van der Waals surface area contributed by atoms with E-state index in [0.29, 0.717) is 18.7 Å². The van der Waals surface area contributed by atoms with Gasteiger partial charge in [0, 0.05) is 24.3 Å². The Morgan fingerprint density at radius 2 is 2.41 bits per heavy atom. The van der Waals surface area contributed by atoms with Crippen molar-refractivity contribution in [1.29, 1.82) is 0 Å². The zero-order valence-electron chi connectivity index (χ0n) is 9.52. The largest absolute Gasteiger partial charge is 0.391 e. The first-order valence-electron chi connectivity index (χ1n) is 5.20. The van der Waals surface area contributed by atoms with Gasteiger partial charge in [-0.2, -0.15) is 0 Å². The Balaban J connectivity index is 2.32. The minimum Gasteiger partial charge on any atom is -0.391 e. The van der Waals surface area contributed by atoms with Gasteiger partial charge in [-0.15, -0.1) is 0 Å². The van der Waals surface area contributed by atoms with Crippen molar-refractivity contribution in [2.45, 2.75) is 12.5 Å². The lowest BCUT2D eigenvalue weighted by Crippen LogP contribution is -2.29. The second-order valence-electron chi connectivity index (χ2n) is 3.52. The van der Waals surface area contributed by atoms with E-state index in [0.717, 1.165) is 4.47 Å². The maximum Gasteiger partial charge on any atom is 0.269 e. The molecular formula is C11H15BrN2O3. The molecule has 2 N–H and O–H groups in total. The van der Waals surface area contributed by atoms with Crippen LogP contribution in [0.25, 0.3) is 0 Å². The molecule has 0 aliphatic rings. The molecule has 1 atom stereocenters. The number of halogens is 1. The summed E-state index contributed by atoms with van der Waals surface area (Å²) >= 11 is 3.24. The number of amides is 1. The molecule has 17 heavy (non-hydrogen) atoms. The molecule has 1 unspecified atom stereocenters. The van der Waals surface area contributed by atoms with Gasteiger partial charge >= 0.3 is 0 Å². The zero-order chi connectivity index (χ0) is 12.7. The number of aliphatic hydroxyl groups excluding tert-OH is 1. The number of methoxy groups -OCH3 is 1. The summed E-state index contributed by atoms with van der Waals surface area (Å²) in [7, 11) is 1.52. The highest BCUT2D eigenvalue weighted by Crippen LogP contribution is 2.07. The van der Waals surface area contributed by atoms with Crippen LogP contribution in [0.2, 0.25) is 0 Å². The van der Waals surface area contributed by atoms with Crippen molar-refractivity contribution in [2.24, 2.45) is 0 Å². The lowest BCUT2D eigenvalue weighted by molar-refractivity contribution is 0.0587. The van der Waals surface area contributed by atoms with Crippen molar-refractivity contribution in [3.05, 3.63) is 28.5 Å². The molecule has 1 heterocycles. The second kappa shape index (κ2) is 7.37. The zero-order valence-corrected chi connectivity index (χ0v) is 11.1. The van der Waals surface area contributed by atoms with E-state index >= 15 is 0 Å². The van der Waals surface area contributed by atoms with Crippen LogP contribution in [0.15, 0.2) is 22.8 Å². The summed E-state index contributed by atoms with van der Waals surface area (Å²) in [5.41, 5.74) is 0.356. The molecule has 0 saturated heterocycles. The predicted molar refractivity (Wildman–Crippen MR) is 66.8 cm³/mol. The topological polar surface area (TPSA) is 71.5 Å². The molecule has 0 aromatic carbocycles. The Morgan fingerprint density at radius 3 is 3.00 bits per heavy atom. The number of aliphatic hydroxyl groups is 1. The average Bonchev–Trinajstić information content (AvgIpc) is 2.30. The molecule has 0 saturated carbocycles. The van der Waals surface area contributed by atoms with Gasteiger partial charge in [0.15, 0.2) is 0 Å². The van der Waals surface area contributed by atoms with E-state index in [1.54, 1.807) is 18.3 Å². The van der Waals surface area contributed by atoms with Gasteiger partial charge in [0.2, 0.25) is 0 Å². The number of pyridine rings is 1. The van der Waals surface area contributed by atoms with Crippen LogP contribution >= 0.6 is 15.9 Å². The summed E-state index contributed by atoms with van der Waals surface area (Å²) < 4.78 is 5.60. The SMILES string of the molecule is COCC(O)CCNC(=O)c1ccc(Br)cn1. The molecule has 1 amide bonds. The van der Waals surface area contributed by atoms with E-state index in [1.807, 2.05) is 0 Å². The molecule has 0 aliphatic carbocycles. The second-order valence-corrected chi connectivity index (χ2v) is 4.43. The van der Waals surface area contributed by atoms with Gasteiger partial charge in [-0.25, -0.2) is 4.98 Å². The van der Waals surface area contributed by atoms with E-state index in [2.05, 4.69) is 26.2 Å². The van der Waals surface area contributed by atoms with Crippen LogP contribution in [0.5, 0.6) is 0 Å². The molecule has 0 fully saturated rings. The van der Waals surface area contributed by atoms with Gasteiger partial charge in [0.1, 0.15) is 5.69 Å². The Morgan fingerprint density at radius 1 is 1.65 bits per heavy atom. The summed E-state index contributed by atoms with van der Waals surface area (Å²) in [5.74, 6) is -0.248. The molecule has 6 heteroatoms. The normalized spacial score (nSPS) is 12.2. The minimum atomic E-state index is -0.557. The Bertz CT molecular complexity index is 356. The number of carbonyl (C=O) groups excluding carboxylic acids is 1. The molecule has 0 spiro atoms. The van der Waals surface area contributed by atoms with Crippen LogP contribution < -0.4 is 5.32 Å². The van der Waals surface area contributed by atoms with E-state index in [-0.39, 0.29) is 12.5 Å². The number of nitrogens with zero attached hydrogens (tertiary/aromatic N) is 1. The number of ether oxygens (including phenoxy) is 1.